The van der Waals surface area contributed by atoms with Crippen molar-refractivity contribution in [2.24, 2.45) is 0 Å². The van der Waals surface area contributed by atoms with Gasteiger partial charge in [-0.15, -0.1) is 0 Å². The van der Waals surface area contributed by atoms with E-state index in [1.54, 1.807) is 0 Å². The predicted molar refractivity (Wildman–Crippen MR) is 106 cm³/mol. The van der Waals surface area contributed by atoms with E-state index in [4.69, 9.17) is 9.47 Å². The molecule has 0 bridgehead atoms. The molecule has 24 heavy (non-hydrogen) atoms. The third-order valence-corrected chi connectivity index (χ3v) is 6.41. The van der Waals surface area contributed by atoms with Crippen molar-refractivity contribution in [3.05, 3.63) is 23.3 Å². The Labute approximate surface area is 159 Å². The Bertz CT molecular complexity index is 578. The van der Waals surface area contributed by atoms with E-state index in [-0.39, 0.29) is 11.6 Å². The average Bonchev–Trinajstić information content (AvgIpc) is 3.00. The maximum absolute atomic E-state index is 12.3. The number of benzene rings is 1. The molecule has 0 heterocycles. The van der Waals surface area contributed by atoms with Gasteiger partial charge in [-0.05, 0) is 82.6 Å². The first-order chi connectivity index (χ1) is 11.2. The van der Waals surface area contributed by atoms with Gasteiger partial charge in [-0.1, -0.05) is 36.4 Å². The van der Waals surface area contributed by atoms with E-state index in [2.05, 4.69) is 29.5 Å². The van der Waals surface area contributed by atoms with Crippen LogP contribution in [0.15, 0.2) is 12.1 Å². The van der Waals surface area contributed by atoms with Crippen LogP contribution in [0.3, 0.4) is 0 Å². The molecule has 0 saturated heterocycles. The highest BCUT2D eigenvalue weighted by atomic mass is 127. The summed E-state index contributed by atoms with van der Waals surface area (Å²) in [5.74, 6) is 1.36. The molecule has 3 nitrogen and oxygen atoms in total. The summed E-state index contributed by atoms with van der Waals surface area (Å²) in [5, 5.41) is 0. The minimum Gasteiger partial charge on any atom is -0.487 e. The summed E-state index contributed by atoms with van der Waals surface area (Å²) in [6.45, 7) is 10.2. The lowest BCUT2D eigenvalue weighted by molar-refractivity contribution is -0.136. The molecule has 4 heteroatoms. The molecule has 1 aliphatic rings. The van der Waals surface area contributed by atoms with Crippen LogP contribution >= 0.6 is 22.6 Å². The molecule has 1 saturated carbocycles. The monoisotopic (exact) mass is 444 g/mol. The van der Waals surface area contributed by atoms with Gasteiger partial charge in [-0.2, -0.15) is 0 Å². The standard InChI is InChI=1S/C20H29IO3/c1-6-19(5,21)18(22)23-16-12-14(3)17(15(4)13-16)24-20(7-2)10-8-9-11-20/h12-13H,6-11H2,1-5H3. The summed E-state index contributed by atoms with van der Waals surface area (Å²) in [7, 11) is 0. The summed E-state index contributed by atoms with van der Waals surface area (Å²) < 4.78 is 11.6. The van der Waals surface area contributed by atoms with Crippen molar-refractivity contribution in [1.29, 1.82) is 0 Å². The van der Waals surface area contributed by atoms with Gasteiger partial charge >= 0.3 is 5.97 Å². The number of hydrogen-bond acceptors (Lipinski definition) is 3. The quantitative estimate of drug-likeness (QED) is 0.237. The maximum Gasteiger partial charge on any atom is 0.327 e. The van der Waals surface area contributed by atoms with Gasteiger partial charge in [-0.25, -0.2) is 0 Å². The number of esters is 1. The van der Waals surface area contributed by atoms with Crippen LogP contribution in [0.4, 0.5) is 0 Å². The smallest absolute Gasteiger partial charge is 0.327 e. The van der Waals surface area contributed by atoms with Crippen molar-refractivity contribution < 1.29 is 14.3 Å². The molecule has 1 aromatic rings. The summed E-state index contributed by atoms with van der Waals surface area (Å²) in [6.07, 6.45) is 6.52. The van der Waals surface area contributed by atoms with Crippen LogP contribution in [-0.4, -0.2) is 15.0 Å². The molecule has 134 valence electrons. The Kier molecular flexibility index (Phi) is 6.21. The van der Waals surface area contributed by atoms with Crippen molar-refractivity contribution in [3.63, 3.8) is 0 Å². The normalized spacial score (nSPS) is 18.9. The van der Waals surface area contributed by atoms with Crippen LogP contribution in [0, 0.1) is 13.8 Å². The van der Waals surface area contributed by atoms with Gasteiger partial charge in [0.1, 0.15) is 20.5 Å². The molecular weight excluding hydrogens is 415 g/mol. The molecule has 0 amide bonds. The Balaban J connectivity index is 2.21. The molecule has 1 unspecified atom stereocenters. The van der Waals surface area contributed by atoms with Gasteiger partial charge in [0.05, 0.1) is 0 Å². The van der Waals surface area contributed by atoms with Crippen LogP contribution in [0.1, 0.15) is 70.4 Å². The lowest BCUT2D eigenvalue weighted by atomic mass is 9.98. The number of alkyl halides is 1. The molecule has 1 aliphatic carbocycles. The molecule has 1 atom stereocenters. The highest BCUT2D eigenvalue weighted by Gasteiger charge is 2.35. The third-order valence-electron chi connectivity index (χ3n) is 5.21. The number of hydrogen-bond donors (Lipinski definition) is 0. The van der Waals surface area contributed by atoms with E-state index in [0.717, 1.165) is 42.6 Å². The lowest BCUT2D eigenvalue weighted by Crippen LogP contribution is -2.32. The number of carbonyl (C=O) groups is 1. The number of carbonyl (C=O) groups excluding carboxylic acids is 1. The maximum atomic E-state index is 12.3. The largest absolute Gasteiger partial charge is 0.487 e. The van der Waals surface area contributed by atoms with Gasteiger partial charge < -0.3 is 9.47 Å². The van der Waals surface area contributed by atoms with E-state index >= 15 is 0 Å². The second kappa shape index (κ2) is 7.63. The topological polar surface area (TPSA) is 35.5 Å². The molecule has 0 spiro atoms. The lowest BCUT2D eigenvalue weighted by Gasteiger charge is -2.31. The van der Waals surface area contributed by atoms with Gasteiger partial charge in [0.15, 0.2) is 0 Å². The summed E-state index contributed by atoms with van der Waals surface area (Å²) >= 11 is 2.16. The Morgan fingerprint density at radius 3 is 2.21 bits per heavy atom. The molecule has 0 aliphatic heterocycles. The molecule has 1 aromatic carbocycles. The average molecular weight is 444 g/mol. The highest BCUT2D eigenvalue weighted by Crippen LogP contribution is 2.40. The van der Waals surface area contributed by atoms with Crippen molar-refractivity contribution >= 4 is 28.6 Å². The first-order valence-electron chi connectivity index (χ1n) is 8.94. The fraction of sp³-hybridized carbons (Fsp3) is 0.650. The zero-order valence-electron chi connectivity index (χ0n) is 15.5. The van der Waals surface area contributed by atoms with Crippen LogP contribution < -0.4 is 9.47 Å². The highest BCUT2D eigenvalue weighted by molar-refractivity contribution is 14.1. The number of halogens is 1. The number of ether oxygens (including phenoxy) is 2. The fourth-order valence-corrected chi connectivity index (χ4v) is 3.36. The first kappa shape index (κ1) is 19.5. The van der Waals surface area contributed by atoms with Gasteiger partial charge in [0.25, 0.3) is 0 Å². The van der Waals surface area contributed by atoms with E-state index < -0.39 is 3.42 Å². The minimum atomic E-state index is -0.495. The van der Waals surface area contributed by atoms with Crippen LogP contribution in [0.25, 0.3) is 0 Å². The SMILES string of the molecule is CCC1(Oc2c(C)cc(OC(=O)C(C)(I)CC)cc2C)CCCC1. The molecule has 0 radical (unpaired) electrons. The predicted octanol–water partition coefficient (Wildman–Crippen LogP) is 5.91. The minimum absolute atomic E-state index is 0.0172. The molecule has 2 rings (SSSR count). The Hall–Kier alpha value is -0.780. The molecule has 1 fully saturated rings. The third kappa shape index (κ3) is 4.24. The summed E-state index contributed by atoms with van der Waals surface area (Å²) in [5.41, 5.74) is 2.05. The summed E-state index contributed by atoms with van der Waals surface area (Å²) in [6, 6.07) is 3.84. The van der Waals surface area contributed by atoms with Crippen LogP contribution in [-0.2, 0) is 4.79 Å². The second-order valence-electron chi connectivity index (χ2n) is 7.17. The Morgan fingerprint density at radius 2 is 1.75 bits per heavy atom. The van der Waals surface area contributed by atoms with E-state index in [1.165, 1.54) is 12.8 Å². The number of aryl methyl sites for hydroxylation is 2. The van der Waals surface area contributed by atoms with Crippen molar-refractivity contribution in [2.45, 2.75) is 82.2 Å². The zero-order valence-corrected chi connectivity index (χ0v) is 17.7. The van der Waals surface area contributed by atoms with E-state index in [9.17, 15) is 4.79 Å². The van der Waals surface area contributed by atoms with E-state index in [0.29, 0.717) is 5.75 Å². The molecular formula is C20H29IO3. The molecule has 0 N–H and O–H groups in total. The van der Waals surface area contributed by atoms with Crippen molar-refractivity contribution in [2.75, 3.05) is 0 Å². The van der Waals surface area contributed by atoms with Gasteiger partial charge in [-0.3, -0.25) is 4.79 Å². The Morgan fingerprint density at radius 1 is 1.21 bits per heavy atom. The van der Waals surface area contributed by atoms with Crippen LogP contribution in [0.5, 0.6) is 11.5 Å². The fourth-order valence-electron chi connectivity index (χ4n) is 3.25. The van der Waals surface area contributed by atoms with Gasteiger partial charge in [0.2, 0.25) is 0 Å². The van der Waals surface area contributed by atoms with Crippen molar-refractivity contribution in [3.8, 4) is 11.5 Å². The van der Waals surface area contributed by atoms with Crippen molar-refractivity contribution in [1.82, 2.24) is 0 Å². The first-order valence-corrected chi connectivity index (χ1v) is 10.0. The molecule has 0 aromatic heterocycles. The number of rotatable bonds is 6. The zero-order chi connectivity index (χ0) is 18.0. The van der Waals surface area contributed by atoms with Crippen LogP contribution in [0.2, 0.25) is 0 Å². The van der Waals surface area contributed by atoms with Gasteiger partial charge in [0, 0.05) is 0 Å². The second-order valence-corrected chi connectivity index (χ2v) is 9.55. The van der Waals surface area contributed by atoms with E-state index in [1.807, 2.05) is 39.8 Å². The summed E-state index contributed by atoms with van der Waals surface area (Å²) in [4.78, 5) is 12.3.